The first-order chi connectivity index (χ1) is 10.9. The number of halogens is 6. The van der Waals surface area contributed by atoms with E-state index in [1.165, 1.54) is 12.1 Å². The van der Waals surface area contributed by atoms with Gasteiger partial charge < -0.3 is 0 Å². The van der Waals surface area contributed by atoms with Crippen molar-refractivity contribution in [3.63, 3.8) is 0 Å². The molecule has 0 aliphatic heterocycles. The fourth-order valence-corrected chi connectivity index (χ4v) is 2.94. The number of aryl methyl sites for hydroxylation is 1. The molecule has 0 heterocycles. The summed E-state index contributed by atoms with van der Waals surface area (Å²) in [5.41, 5.74) is 0.837. The molecule has 1 aromatic carbocycles. The molecule has 1 unspecified atom stereocenters. The van der Waals surface area contributed by atoms with E-state index in [1.54, 1.807) is 19.1 Å². The number of alkyl halides is 6. The Morgan fingerprint density at radius 3 is 1.92 bits per heavy atom. The minimum absolute atomic E-state index is 0.159. The molecule has 0 radical (unpaired) electrons. The number of rotatable bonds is 6. The van der Waals surface area contributed by atoms with Gasteiger partial charge in [-0.2, -0.15) is 31.1 Å². The van der Waals surface area contributed by atoms with Crippen molar-refractivity contribution in [3.8, 4) is 0 Å². The molecule has 0 fully saturated rings. The van der Waals surface area contributed by atoms with Crippen LogP contribution in [-0.2, 0) is 11.0 Å². The van der Waals surface area contributed by atoms with Crippen molar-refractivity contribution in [3.05, 3.63) is 41.2 Å². The maximum absolute atomic E-state index is 12.5. The average Bonchev–Trinajstić information content (AvgIpc) is 2.41. The zero-order chi connectivity index (χ0) is 18.5. The summed E-state index contributed by atoms with van der Waals surface area (Å²) >= 11 is 0. The maximum Gasteiger partial charge on any atom is 0.389 e. The monoisotopic (exact) mass is 372 g/mol. The number of nitrogens with one attached hydrogen (secondary N) is 1. The Morgan fingerprint density at radius 1 is 1.08 bits per heavy atom. The largest absolute Gasteiger partial charge is 0.389 e. The number of benzene rings is 1. The van der Waals surface area contributed by atoms with E-state index in [0.29, 0.717) is 0 Å². The second kappa shape index (κ2) is 7.98. The van der Waals surface area contributed by atoms with Gasteiger partial charge in [0.25, 0.3) is 6.17 Å². The zero-order valence-electron chi connectivity index (χ0n) is 12.4. The highest BCUT2D eigenvalue weighted by atomic mass is 32.2. The van der Waals surface area contributed by atoms with Gasteiger partial charge in [0.15, 0.2) is 0 Å². The third-order valence-corrected chi connectivity index (χ3v) is 4.19. The van der Waals surface area contributed by atoms with E-state index in [4.69, 9.17) is 6.57 Å². The first-order valence-electron chi connectivity index (χ1n) is 6.66. The van der Waals surface area contributed by atoms with Crippen LogP contribution in [0.2, 0.25) is 0 Å². The summed E-state index contributed by atoms with van der Waals surface area (Å²) in [4.78, 5) is 2.94. The summed E-state index contributed by atoms with van der Waals surface area (Å²) in [7, 11) is -2.10. The molecule has 0 amide bonds. The molecule has 24 heavy (non-hydrogen) atoms. The molecule has 0 aliphatic carbocycles. The quantitative estimate of drug-likeness (QED) is 0.584. The molecule has 0 aliphatic rings. The van der Waals surface area contributed by atoms with Crippen molar-refractivity contribution in [2.75, 3.05) is 0 Å². The molecular weight excluding hydrogens is 358 g/mol. The van der Waals surface area contributed by atoms with Crippen LogP contribution < -0.4 is 4.72 Å². The van der Waals surface area contributed by atoms with Gasteiger partial charge >= 0.3 is 12.4 Å². The summed E-state index contributed by atoms with van der Waals surface area (Å²) in [6, 6.07) is 6.01. The molecule has 1 rings (SSSR count). The smallest absolute Gasteiger partial charge is 0.295 e. The molecule has 2 atom stereocenters. The molecule has 1 aromatic rings. The van der Waals surface area contributed by atoms with E-state index in [1.807, 2.05) is 0 Å². The van der Waals surface area contributed by atoms with E-state index in [-0.39, 0.29) is 4.90 Å². The lowest BCUT2D eigenvalue weighted by Crippen LogP contribution is -2.39. The Labute approximate surface area is 137 Å². The highest BCUT2D eigenvalue weighted by Gasteiger charge is 2.45. The molecule has 0 aromatic heterocycles. The standard InChI is InChI=1S/C14H14F6N2OS/c1-9-3-5-11(6-4-9)24(23)22-12(21-2)10(7-13(15,16)17)8-14(18,19)20/h3-6,10,12,22H,7-8H2,1H3/t12-,24?/m0/s1. The molecule has 0 spiro atoms. The van der Waals surface area contributed by atoms with Crippen LogP contribution in [0.3, 0.4) is 0 Å². The lowest BCUT2D eigenvalue weighted by Gasteiger charge is -2.21. The van der Waals surface area contributed by atoms with Gasteiger partial charge in [-0.25, -0.2) is 10.8 Å². The average molecular weight is 372 g/mol. The number of hydrogen-bond acceptors (Lipinski definition) is 1. The van der Waals surface area contributed by atoms with Crippen LogP contribution in [0.5, 0.6) is 0 Å². The Hall–Kier alpha value is -1.60. The predicted octanol–water partition coefficient (Wildman–Crippen LogP) is 4.37. The van der Waals surface area contributed by atoms with Crippen LogP contribution in [0.1, 0.15) is 18.4 Å². The predicted molar refractivity (Wildman–Crippen MR) is 75.9 cm³/mol. The topological polar surface area (TPSA) is 33.5 Å². The summed E-state index contributed by atoms with van der Waals surface area (Å²) in [5, 5.41) is 0. The summed E-state index contributed by atoms with van der Waals surface area (Å²) < 4.78 is 89.2. The van der Waals surface area contributed by atoms with Crippen LogP contribution in [-0.4, -0.2) is 22.7 Å². The van der Waals surface area contributed by atoms with Gasteiger partial charge in [-0.3, -0.25) is 4.85 Å². The SMILES string of the molecule is [C-]#[N+][C@@H](NS(=O)c1ccc(C)cc1)C(CC(F)(F)F)CC(F)(F)F. The molecule has 10 heteroatoms. The van der Waals surface area contributed by atoms with Crippen LogP contribution in [0.4, 0.5) is 26.3 Å². The van der Waals surface area contributed by atoms with Crippen molar-refractivity contribution in [2.45, 2.75) is 43.2 Å². The van der Waals surface area contributed by atoms with Crippen molar-refractivity contribution >= 4 is 11.0 Å². The molecule has 0 bridgehead atoms. The van der Waals surface area contributed by atoms with Crippen molar-refractivity contribution in [1.82, 2.24) is 4.72 Å². The maximum atomic E-state index is 12.5. The minimum Gasteiger partial charge on any atom is -0.295 e. The second-order valence-corrected chi connectivity index (χ2v) is 6.42. The molecule has 0 saturated carbocycles. The van der Waals surface area contributed by atoms with Crippen molar-refractivity contribution in [1.29, 1.82) is 0 Å². The number of hydrogen-bond donors (Lipinski definition) is 1. The van der Waals surface area contributed by atoms with E-state index in [9.17, 15) is 30.6 Å². The van der Waals surface area contributed by atoms with Crippen LogP contribution in [0.15, 0.2) is 29.2 Å². The summed E-state index contributed by atoms with van der Waals surface area (Å²) in [6.07, 6.45) is -15.2. The first kappa shape index (κ1) is 20.4. The summed E-state index contributed by atoms with van der Waals surface area (Å²) in [5.74, 6) is -2.09. The second-order valence-electron chi connectivity index (χ2n) is 5.17. The fraction of sp³-hybridized carbons (Fsp3) is 0.500. The molecule has 3 nitrogen and oxygen atoms in total. The molecule has 1 N–H and O–H groups in total. The Bertz CT molecular complexity index is 590. The van der Waals surface area contributed by atoms with Crippen LogP contribution in [0.25, 0.3) is 4.85 Å². The van der Waals surface area contributed by atoms with Gasteiger partial charge in [-0.15, -0.1) is 0 Å². The van der Waals surface area contributed by atoms with Crippen molar-refractivity contribution < 1.29 is 30.6 Å². The molecular formula is C14H14F6N2OS. The molecule has 134 valence electrons. The van der Waals surface area contributed by atoms with Gasteiger partial charge in [0.1, 0.15) is 11.0 Å². The lowest BCUT2D eigenvalue weighted by atomic mass is 9.98. The third kappa shape index (κ3) is 7.31. The summed E-state index contributed by atoms with van der Waals surface area (Å²) in [6.45, 7) is 8.64. The highest BCUT2D eigenvalue weighted by molar-refractivity contribution is 7.83. The first-order valence-corrected chi connectivity index (χ1v) is 7.81. The van der Waals surface area contributed by atoms with Gasteiger partial charge in [0.05, 0.1) is 23.7 Å². The normalized spacial score (nSPS) is 15.1. The van der Waals surface area contributed by atoms with E-state index in [0.717, 1.165) is 5.56 Å². The van der Waals surface area contributed by atoms with E-state index >= 15 is 0 Å². The number of nitrogens with zero attached hydrogens (tertiary/aromatic N) is 1. The Balaban J connectivity index is 2.94. The van der Waals surface area contributed by atoms with Crippen molar-refractivity contribution in [2.24, 2.45) is 5.92 Å². The lowest BCUT2D eigenvalue weighted by molar-refractivity contribution is -0.174. The van der Waals surface area contributed by atoms with Crippen LogP contribution >= 0.6 is 0 Å². The fourth-order valence-electron chi connectivity index (χ4n) is 1.96. The minimum atomic E-state index is -4.87. The van der Waals surface area contributed by atoms with Gasteiger partial charge in [0.2, 0.25) is 0 Å². The van der Waals surface area contributed by atoms with Gasteiger partial charge in [-0.1, -0.05) is 17.7 Å². The zero-order valence-corrected chi connectivity index (χ0v) is 13.2. The van der Waals surface area contributed by atoms with Gasteiger partial charge in [-0.05, 0) is 19.1 Å². The Kier molecular flexibility index (Phi) is 6.80. The third-order valence-electron chi connectivity index (χ3n) is 3.04. The van der Waals surface area contributed by atoms with E-state index < -0.39 is 48.3 Å². The van der Waals surface area contributed by atoms with Crippen LogP contribution in [0, 0.1) is 19.4 Å². The Morgan fingerprint density at radius 2 is 1.54 bits per heavy atom. The molecule has 0 saturated heterocycles. The van der Waals surface area contributed by atoms with E-state index in [2.05, 4.69) is 9.57 Å². The highest BCUT2D eigenvalue weighted by Crippen LogP contribution is 2.35. The van der Waals surface area contributed by atoms with Gasteiger partial charge in [0, 0.05) is 0 Å².